The molecule has 2 amide bonds. The van der Waals surface area contributed by atoms with Crippen molar-refractivity contribution in [3.63, 3.8) is 0 Å². The van der Waals surface area contributed by atoms with Gasteiger partial charge < -0.3 is 9.80 Å². The first-order chi connectivity index (χ1) is 13.5. The van der Waals surface area contributed by atoms with Gasteiger partial charge in [-0.05, 0) is 36.8 Å². The maximum Gasteiger partial charge on any atom is 0.471 e. The molecule has 1 aliphatic carbocycles. The Bertz CT molecular complexity index is 842. The van der Waals surface area contributed by atoms with Crippen molar-refractivity contribution in [3.05, 3.63) is 35.6 Å². The van der Waals surface area contributed by atoms with Gasteiger partial charge in [-0.15, -0.1) is 0 Å². The molecule has 0 radical (unpaired) electrons. The van der Waals surface area contributed by atoms with Crippen LogP contribution in [0.3, 0.4) is 0 Å². The first-order valence-electron chi connectivity index (χ1n) is 9.31. The van der Waals surface area contributed by atoms with E-state index in [4.69, 9.17) is 0 Å². The number of hydrogen-bond donors (Lipinski definition) is 0. The van der Waals surface area contributed by atoms with E-state index in [2.05, 4.69) is 0 Å². The Balaban J connectivity index is 1.55. The van der Waals surface area contributed by atoms with Gasteiger partial charge in [0.05, 0.1) is 5.56 Å². The molecule has 3 saturated heterocycles. The van der Waals surface area contributed by atoms with E-state index >= 15 is 0 Å². The molecule has 4 unspecified atom stereocenters. The molecule has 4 nitrogen and oxygen atoms in total. The standard InChI is InChI=1S/C19H18F6N2O2/c20-14-4-2-1-3-13(14)18(21,22)16(28)26-8-11-10-5-6-15(12(11)9-26)27(7-10)17(29)19(23,24)25/h1-4,10-12,15H,5-9H2. The second kappa shape index (κ2) is 6.63. The fourth-order valence-electron chi connectivity index (χ4n) is 5.17. The number of benzene rings is 1. The maximum absolute atomic E-state index is 14.7. The highest BCUT2D eigenvalue weighted by Crippen LogP contribution is 2.49. The molecular weight excluding hydrogens is 402 g/mol. The Kier molecular flexibility index (Phi) is 4.58. The van der Waals surface area contributed by atoms with Crippen LogP contribution in [0.2, 0.25) is 0 Å². The molecule has 3 aliphatic heterocycles. The van der Waals surface area contributed by atoms with Crippen molar-refractivity contribution in [1.29, 1.82) is 0 Å². The maximum atomic E-state index is 14.7. The van der Waals surface area contributed by atoms with Gasteiger partial charge in [0.25, 0.3) is 5.91 Å². The predicted octanol–water partition coefficient (Wildman–Crippen LogP) is 3.18. The summed E-state index contributed by atoms with van der Waals surface area (Å²) in [4.78, 5) is 26.0. The summed E-state index contributed by atoms with van der Waals surface area (Å²) in [6.07, 6.45) is -4.07. The molecule has 5 rings (SSSR count). The average Bonchev–Trinajstić information content (AvgIpc) is 3.13. The second-order valence-corrected chi connectivity index (χ2v) is 7.95. The van der Waals surface area contributed by atoms with E-state index in [1.807, 2.05) is 0 Å². The summed E-state index contributed by atoms with van der Waals surface area (Å²) in [5.74, 6) is -9.79. The molecule has 0 N–H and O–H groups in total. The van der Waals surface area contributed by atoms with E-state index in [1.165, 1.54) is 12.1 Å². The number of piperidine rings is 2. The van der Waals surface area contributed by atoms with Crippen molar-refractivity contribution >= 4 is 11.8 Å². The Labute approximate surface area is 162 Å². The molecule has 4 aliphatic rings. The van der Waals surface area contributed by atoms with E-state index in [0.29, 0.717) is 12.8 Å². The lowest BCUT2D eigenvalue weighted by Crippen LogP contribution is -2.61. The Hall–Kier alpha value is -2.26. The molecule has 0 aromatic heterocycles. The summed E-state index contributed by atoms with van der Waals surface area (Å²) >= 11 is 0. The number of nitrogens with zero attached hydrogens (tertiary/aromatic N) is 2. The van der Waals surface area contributed by atoms with Crippen LogP contribution in [-0.4, -0.2) is 53.5 Å². The monoisotopic (exact) mass is 420 g/mol. The smallest absolute Gasteiger partial charge is 0.336 e. The zero-order valence-corrected chi connectivity index (χ0v) is 15.1. The molecule has 2 bridgehead atoms. The summed E-state index contributed by atoms with van der Waals surface area (Å²) in [7, 11) is 0. The summed E-state index contributed by atoms with van der Waals surface area (Å²) in [6, 6.07) is 3.36. The third-order valence-corrected chi connectivity index (χ3v) is 6.45. The van der Waals surface area contributed by atoms with Crippen LogP contribution in [0.25, 0.3) is 0 Å². The van der Waals surface area contributed by atoms with Crippen LogP contribution in [0.5, 0.6) is 0 Å². The fourth-order valence-corrected chi connectivity index (χ4v) is 5.17. The van der Waals surface area contributed by atoms with E-state index in [0.717, 1.165) is 21.9 Å². The summed E-state index contributed by atoms with van der Waals surface area (Å²) in [5, 5.41) is 0. The lowest BCUT2D eigenvalue weighted by molar-refractivity contribution is -0.196. The Morgan fingerprint density at radius 1 is 0.897 bits per heavy atom. The number of hydrogen-bond acceptors (Lipinski definition) is 2. The highest BCUT2D eigenvalue weighted by atomic mass is 19.4. The molecule has 1 aromatic rings. The van der Waals surface area contributed by atoms with Crippen molar-refractivity contribution in [2.75, 3.05) is 19.6 Å². The number of fused-ring (bicyclic) bond motifs is 2. The molecular formula is C19H18F6N2O2. The van der Waals surface area contributed by atoms with Crippen LogP contribution in [0.1, 0.15) is 18.4 Å². The molecule has 29 heavy (non-hydrogen) atoms. The van der Waals surface area contributed by atoms with Crippen molar-refractivity contribution in [2.24, 2.45) is 17.8 Å². The van der Waals surface area contributed by atoms with Gasteiger partial charge in [-0.1, -0.05) is 12.1 Å². The quantitative estimate of drug-likeness (QED) is 0.690. The normalized spacial score (nSPS) is 29.2. The largest absolute Gasteiger partial charge is 0.471 e. The topological polar surface area (TPSA) is 40.6 Å². The first kappa shape index (κ1) is 20.0. The minimum absolute atomic E-state index is 0.0250. The highest BCUT2D eigenvalue weighted by molar-refractivity contribution is 5.85. The molecule has 0 spiro atoms. The summed E-state index contributed by atoms with van der Waals surface area (Å²) < 4.78 is 81.8. The summed E-state index contributed by atoms with van der Waals surface area (Å²) in [5.41, 5.74) is -1.03. The fraction of sp³-hybridized carbons (Fsp3) is 0.579. The number of likely N-dealkylation sites (tertiary alicyclic amines) is 1. The van der Waals surface area contributed by atoms with Crippen LogP contribution in [-0.2, 0) is 15.5 Å². The number of rotatable bonds is 2. The highest BCUT2D eigenvalue weighted by Gasteiger charge is 2.58. The SMILES string of the molecule is O=C(N1CC2CCC1C1CN(C(=O)C(F)(F)c3ccccc3F)CC21)C(F)(F)F. The van der Waals surface area contributed by atoms with Gasteiger partial charge in [0, 0.05) is 31.6 Å². The van der Waals surface area contributed by atoms with Crippen LogP contribution in [0.15, 0.2) is 24.3 Å². The molecule has 4 fully saturated rings. The zero-order valence-electron chi connectivity index (χ0n) is 15.1. The van der Waals surface area contributed by atoms with E-state index in [1.54, 1.807) is 0 Å². The number of carbonyl (C=O) groups is 2. The number of alkyl halides is 5. The van der Waals surface area contributed by atoms with Crippen LogP contribution >= 0.6 is 0 Å². The molecule has 4 atom stereocenters. The molecule has 3 heterocycles. The molecule has 10 heteroatoms. The van der Waals surface area contributed by atoms with E-state index < -0.39 is 47.3 Å². The van der Waals surface area contributed by atoms with Gasteiger partial charge in [-0.2, -0.15) is 22.0 Å². The van der Waals surface area contributed by atoms with Gasteiger partial charge in [-0.25, -0.2) is 4.39 Å². The van der Waals surface area contributed by atoms with Crippen molar-refractivity contribution in [1.82, 2.24) is 9.80 Å². The third-order valence-electron chi connectivity index (χ3n) is 6.45. The van der Waals surface area contributed by atoms with Crippen molar-refractivity contribution < 1.29 is 35.9 Å². The number of halogens is 6. The lowest BCUT2D eigenvalue weighted by Gasteiger charge is -2.51. The van der Waals surface area contributed by atoms with Crippen LogP contribution in [0.4, 0.5) is 26.3 Å². The zero-order chi connectivity index (χ0) is 21.1. The minimum atomic E-state index is -5.00. The Morgan fingerprint density at radius 2 is 1.55 bits per heavy atom. The minimum Gasteiger partial charge on any atom is -0.336 e. The lowest BCUT2D eigenvalue weighted by atomic mass is 9.66. The van der Waals surface area contributed by atoms with Gasteiger partial charge in [0.1, 0.15) is 5.82 Å². The second-order valence-electron chi connectivity index (χ2n) is 7.95. The van der Waals surface area contributed by atoms with Gasteiger partial charge >= 0.3 is 18.0 Å². The summed E-state index contributed by atoms with van der Waals surface area (Å²) in [6.45, 7) is -0.283. The average molecular weight is 420 g/mol. The van der Waals surface area contributed by atoms with Crippen molar-refractivity contribution in [2.45, 2.75) is 31.0 Å². The number of carbonyl (C=O) groups excluding carboxylic acids is 2. The third kappa shape index (κ3) is 3.16. The predicted molar refractivity (Wildman–Crippen MR) is 88.1 cm³/mol. The molecule has 1 aromatic carbocycles. The van der Waals surface area contributed by atoms with E-state index in [9.17, 15) is 35.9 Å². The van der Waals surface area contributed by atoms with Gasteiger partial charge in [0.2, 0.25) is 0 Å². The van der Waals surface area contributed by atoms with E-state index in [-0.39, 0.29) is 31.5 Å². The first-order valence-corrected chi connectivity index (χ1v) is 9.31. The number of amides is 2. The Morgan fingerprint density at radius 3 is 2.21 bits per heavy atom. The van der Waals surface area contributed by atoms with Crippen LogP contribution in [0, 0.1) is 23.6 Å². The molecule has 158 valence electrons. The van der Waals surface area contributed by atoms with Gasteiger partial charge in [0.15, 0.2) is 0 Å². The van der Waals surface area contributed by atoms with Crippen molar-refractivity contribution in [3.8, 4) is 0 Å². The van der Waals surface area contributed by atoms with Gasteiger partial charge in [-0.3, -0.25) is 9.59 Å². The van der Waals surface area contributed by atoms with Crippen LogP contribution < -0.4 is 0 Å². The molecule has 1 saturated carbocycles.